The first-order chi connectivity index (χ1) is 12.0. The molecule has 1 aromatic heterocycles. The summed E-state index contributed by atoms with van der Waals surface area (Å²) in [5, 5.41) is 7.79. The van der Waals surface area contributed by atoms with Crippen LogP contribution in [0, 0.1) is 5.82 Å². The van der Waals surface area contributed by atoms with E-state index in [0.717, 1.165) is 0 Å². The molecule has 1 heterocycles. The maximum absolute atomic E-state index is 13.5. The molecule has 9 heteroatoms. The second-order valence-electron chi connectivity index (χ2n) is 5.10. The Morgan fingerprint density at radius 2 is 1.88 bits per heavy atom. The van der Waals surface area contributed by atoms with Gasteiger partial charge in [-0.2, -0.15) is 0 Å². The van der Waals surface area contributed by atoms with Crippen molar-refractivity contribution in [2.45, 2.75) is 10.6 Å². The number of nitrogens with zero attached hydrogens (tertiary/aromatic N) is 1. The standard InChI is InChI=1S/C16H21FN4O2S2/c1-18-16(19-9-8-13-5-2-3-6-14(13)17)20-10-11-21-25(22,23)15-7-4-12-24-15/h2-7,12,21H,8-11H2,1H3,(H2,18,19,20). The van der Waals surface area contributed by atoms with Crippen LogP contribution < -0.4 is 15.4 Å². The third-order valence-corrected chi connectivity index (χ3v) is 6.20. The summed E-state index contributed by atoms with van der Waals surface area (Å²) in [6.45, 7) is 1.12. The van der Waals surface area contributed by atoms with E-state index in [-0.39, 0.29) is 12.4 Å². The highest BCUT2D eigenvalue weighted by Crippen LogP contribution is 2.14. The van der Waals surface area contributed by atoms with Gasteiger partial charge < -0.3 is 10.6 Å². The van der Waals surface area contributed by atoms with Gasteiger partial charge in [0.2, 0.25) is 10.0 Å². The highest BCUT2D eigenvalue weighted by molar-refractivity contribution is 7.91. The maximum atomic E-state index is 13.5. The lowest BCUT2D eigenvalue weighted by Gasteiger charge is -2.12. The molecule has 0 unspecified atom stereocenters. The molecular weight excluding hydrogens is 363 g/mol. The molecule has 136 valence electrons. The Kier molecular flexibility index (Phi) is 7.35. The van der Waals surface area contributed by atoms with Gasteiger partial charge in [0.1, 0.15) is 10.0 Å². The predicted molar refractivity (Wildman–Crippen MR) is 99.0 cm³/mol. The molecule has 0 aliphatic carbocycles. The van der Waals surface area contributed by atoms with E-state index in [0.29, 0.717) is 35.2 Å². The van der Waals surface area contributed by atoms with Gasteiger partial charge in [-0.1, -0.05) is 24.3 Å². The molecule has 2 rings (SSSR count). The van der Waals surface area contributed by atoms with Gasteiger partial charge in [-0.05, 0) is 29.5 Å². The zero-order valence-electron chi connectivity index (χ0n) is 13.8. The minimum Gasteiger partial charge on any atom is -0.356 e. The Bertz CT molecular complexity index is 792. The quantitative estimate of drug-likeness (QED) is 0.367. The van der Waals surface area contributed by atoms with Crippen molar-refractivity contribution in [3.63, 3.8) is 0 Å². The molecule has 0 aliphatic heterocycles. The number of thiophene rings is 1. The van der Waals surface area contributed by atoms with Gasteiger partial charge in [0.05, 0.1) is 0 Å². The topological polar surface area (TPSA) is 82.6 Å². The van der Waals surface area contributed by atoms with Crippen molar-refractivity contribution >= 4 is 27.3 Å². The number of rotatable bonds is 8. The molecule has 0 spiro atoms. The fourth-order valence-electron chi connectivity index (χ4n) is 2.09. The van der Waals surface area contributed by atoms with Crippen molar-refractivity contribution in [3.05, 3.63) is 53.2 Å². The molecule has 0 amide bonds. The van der Waals surface area contributed by atoms with Crippen molar-refractivity contribution in [2.75, 3.05) is 26.7 Å². The number of benzene rings is 1. The minimum atomic E-state index is -3.45. The van der Waals surface area contributed by atoms with Crippen LogP contribution in [0.5, 0.6) is 0 Å². The summed E-state index contributed by atoms with van der Waals surface area (Å²) in [6.07, 6.45) is 0.526. The monoisotopic (exact) mass is 384 g/mol. The number of hydrogen-bond donors (Lipinski definition) is 3. The van der Waals surface area contributed by atoms with Crippen LogP contribution in [0.3, 0.4) is 0 Å². The minimum absolute atomic E-state index is 0.227. The molecule has 0 radical (unpaired) electrons. The number of nitrogens with one attached hydrogen (secondary N) is 3. The summed E-state index contributed by atoms with van der Waals surface area (Å²) in [4.78, 5) is 4.05. The Morgan fingerprint density at radius 3 is 2.56 bits per heavy atom. The Labute approximate surface area is 151 Å². The van der Waals surface area contributed by atoms with Gasteiger partial charge in [-0.15, -0.1) is 11.3 Å². The smallest absolute Gasteiger partial charge is 0.250 e. The number of aliphatic imine (C=N–C) groups is 1. The van der Waals surface area contributed by atoms with Crippen molar-refractivity contribution in [2.24, 2.45) is 4.99 Å². The zero-order valence-corrected chi connectivity index (χ0v) is 15.5. The Hall–Kier alpha value is -1.97. The molecule has 0 atom stereocenters. The molecule has 0 saturated carbocycles. The van der Waals surface area contributed by atoms with E-state index in [4.69, 9.17) is 0 Å². The lowest BCUT2D eigenvalue weighted by molar-refractivity contribution is 0.582. The summed E-state index contributed by atoms with van der Waals surface area (Å²) in [6, 6.07) is 9.88. The first-order valence-electron chi connectivity index (χ1n) is 7.74. The molecule has 0 fully saturated rings. The Morgan fingerprint density at radius 1 is 1.12 bits per heavy atom. The maximum Gasteiger partial charge on any atom is 0.250 e. The fraction of sp³-hybridized carbons (Fsp3) is 0.312. The molecule has 1 aromatic carbocycles. The molecule has 2 aromatic rings. The predicted octanol–water partition coefficient (Wildman–Crippen LogP) is 1.57. The van der Waals surface area contributed by atoms with Gasteiger partial charge in [-0.3, -0.25) is 4.99 Å². The average molecular weight is 385 g/mol. The van der Waals surface area contributed by atoms with Crippen LogP contribution >= 0.6 is 11.3 Å². The third kappa shape index (κ3) is 6.11. The van der Waals surface area contributed by atoms with E-state index in [1.165, 1.54) is 17.4 Å². The molecule has 6 nitrogen and oxygen atoms in total. The SMILES string of the molecule is CN=C(NCCNS(=O)(=O)c1cccs1)NCCc1ccccc1F. The zero-order chi connectivity index (χ0) is 18.1. The lowest BCUT2D eigenvalue weighted by Crippen LogP contribution is -2.42. The second kappa shape index (κ2) is 9.50. The van der Waals surface area contributed by atoms with E-state index in [1.54, 1.807) is 42.8 Å². The number of halogens is 1. The number of sulfonamides is 1. The summed E-state index contributed by atoms with van der Waals surface area (Å²) >= 11 is 1.17. The Balaban J connectivity index is 1.69. The van der Waals surface area contributed by atoms with E-state index < -0.39 is 10.0 Å². The summed E-state index contributed by atoms with van der Waals surface area (Å²) in [5.74, 6) is 0.307. The van der Waals surface area contributed by atoms with E-state index in [9.17, 15) is 12.8 Å². The molecule has 25 heavy (non-hydrogen) atoms. The molecule has 0 aliphatic rings. The van der Waals surface area contributed by atoms with Crippen molar-refractivity contribution in [3.8, 4) is 0 Å². The highest BCUT2D eigenvalue weighted by atomic mass is 32.2. The lowest BCUT2D eigenvalue weighted by atomic mass is 10.1. The molecular formula is C16H21FN4O2S2. The van der Waals surface area contributed by atoms with Crippen LogP contribution in [0.25, 0.3) is 0 Å². The first-order valence-corrected chi connectivity index (χ1v) is 10.1. The number of guanidine groups is 1. The van der Waals surface area contributed by atoms with Crippen LogP contribution in [0.15, 0.2) is 51.0 Å². The van der Waals surface area contributed by atoms with Crippen molar-refractivity contribution in [1.82, 2.24) is 15.4 Å². The molecule has 0 saturated heterocycles. The molecule has 0 bridgehead atoms. The normalized spacial score (nSPS) is 12.2. The van der Waals surface area contributed by atoms with E-state index >= 15 is 0 Å². The van der Waals surface area contributed by atoms with Crippen LogP contribution in [-0.4, -0.2) is 41.1 Å². The van der Waals surface area contributed by atoms with E-state index in [2.05, 4.69) is 20.3 Å². The van der Waals surface area contributed by atoms with Crippen LogP contribution in [0.4, 0.5) is 4.39 Å². The van der Waals surface area contributed by atoms with Gasteiger partial charge in [-0.25, -0.2) is 17.5 Å². The van der Waals surface area contributed by atoms with Gasteiger partial charge >= 0.3 is 0 Å². The summed E-state index contributed by atoms with van der Waals surface area (Å²) in [5.41, 5.74) is 0.633. The van der Waals surface area contributed by atoms with Crippen LogP contribution in [-0.2, 0) is 16.4 Å². The van der Waals surface area contributed by atoms with Gasteiger partial charge in [0.15, 0.2) is 5.96 Å². The second-order valence-corrected chi connectivity index (χ2v) is 8.04. The summed E-state index contributed by atoms with van der Waals surface area (Å²) < 4.78 is 40.3. The highest BCUT2D eigenvalue weighted by Gasteiger charge is 2.13. The number of hydrogen-bond acceptors (Lipinski definition) is 4. The van der Waals surface area contributed by atoms with E-state index in [1.807, 2.05) is 0 Å². The summed E-state index contributed by atoms with van der Waals surface area (Å²) in [7, 11) is -1.83. The van der Waals surface area contributed by atoms with Gasteiger partial charge in [0.25, 0.3) is 0 Å². The van der Waals surface area contributed by atoms with Crippen LogP contribution in [0.2, 0.25) is 0 Å². The third-order valence-electron chi connectivity index (χ3n) is 3.34. The largest absolute Gasteiger partial charge is 0.356 e. The average Bonchev–Trinajstić information content (AvgIpc) is 3.14. The van der Waals surface area contributed by atoms with Gasteiger partial charge in [0, 0.05) is 26.7 Å². The van der Waals surface area contributed by atoms with Crippen molar-refractivity contribution < 1.29 is 12.8 Å². The first kappa shape index (κ1) is 19.4. The van der Waals surface area contributed by atoms with Crippen molar-refractivity contribution in [1.29, 1.82) is 0 Å². The van der Waals surface area contributed by atoms with Crippen LogP contribution in [0.1, 0.15) is 5.56 Å². The fourth-order valence-corrected chi connectivity index (χ4v) is 4.16. The molecule has 3 N–H and O–H groups in total.